The Bertz CT molecular complexity index is 1000. The molecular formula is C23H29N3O4. The van der Waals surface area contributed by atoms with Crippen molar-refractivity contribution in [1.82, 2.24) is 4.57 Å². The van der Waals surface area contributed by atoms with Gasteiger partial charge in [0.2, 0.25) is 0 Å². The van der Waals surface area contributed by atoms with E-state index in [4.69, 9.17) is 0 Å². The minimum atomic E-state index is -0.368. The Hall–Kier alpha value is -2.67. The van der Waals surface area contributed by atoms with E-state index in [9.17, 15) is 20.0 Å². The molecule has 7 nitrogen and oxygen atoms in total. The first kappa shape index (κ1) is 20.6. The van der Waals surface area contributed by atoms with E-state index in [2.05, 4.69) is 19.2 Å². The van der Waals surface area contributed by atoms with Gasteiger partial charge in [0.15, 0.2) is 5.78 Å². The number of benzene rings is 1. The molecule has 0 radical (unpaired) electrons. The molecule has 30 heavy (non-hydrogen) atoms. The van der Waals surface area contributed by atoms with E-state index in [1.54, 1.807) is 6.07 Å². The van der Waals surface area contributed by atoms with Gasteiger partial charge in [0.25, 0.3) is 5.69 Å². The first-order chi connectivity index (χ1) is 14.1. The molecule has 2 aliphatic carbocycles. The average molecular weight is 412 g/mol. The number of rotatable bonds is 4. The van der Waals surface area contributed by atoms with Crippen molar-refractivity contribution in [3.05, 3.63) is 51.3 Å². The fraction of sp³-hybridized carbons (Fsp3) is 0.522. The molecule has 2 aromatic rings. The predicted octanol–water partition coefficient (Wildman–Crippen LogP) is 4.56. The summed E-state index contributed by atoms with van der Waals surface area (Å²) >= 11 is 0. The highest BCUT2D eigenvalue weighted by Crippen LogP contribution is 2.39. The topological polar surface area (TPSA) is 97.4 Å². The molecule has 1 aromatic carbocycles. The maximum absolute atomic E-state index is 12.7. The SMILES string of the molecule is Cc1cn(-c2ccc([N+](=O)[O-])c(NC3CCC(O)CC3)c2)c2c1C(=O)CC(C)(C)C2. The first-order valence-electron chi connectivity index (χ1n) is 10.6. The largest absolute Gasteiger partial charge is 0.393 e. The quantitative estimate of drug-likeness (QED) is 0.568. The number of nitro groups is 1. The second-order valence-electron chi connectivity index (χ2n) is 9.55. The fourth-order valence-electron chi connectivity index (χ4n) is 4.90. The van der Waals surface area contributed by atoms with Gasteiger partial charge in [-0.1, -0.05) is 13.8 Å². The summed E-state index contributed by atoms with van der Waals surface area (Å²) in [6.45, 7) is 6.14. The molecule has 1 heterocycles. The molecule has 2 aliphatic rings. The van der Waals surface area contributed by atoms with Crippen LogP contribution in [0, 0.1) is 22.5 Å². The third-order valence-corrected chi connectivity index (χ3v) is 6.37. The molecule has 7 heteroatoms. The fourth-order valence-corrected chi connectivity index (χ4v) is 4.90. The average Bonchev–Trinajstić information content (AvgIpc) is 2.98. The van der Waals surface area contributed by atoms with Gasteiger partial charge in [-0.3, -0.25) is 14.9 Å². The summed E-state index contributed by atoms with van der Waals surface area (Å²) in [6.07, 6.45) is 5.96. The van der Waals surface area contributed by atoms with Crippen molar-refractivity contribution in [2.45, 2.75) is 71.4 Å². The molecule has 2 N–H and O–H groups in total. The lowest BCUT2D eigenvalue weighted by Gasteiger charge is -2.30. The van der Waals surface area contributed by atoms with Crippen LogP contribution in [0.15, 0.2) is 24.4 Å². The van der Waals surface area contributed by atoms with Gasteiger partial charge in [0, 0.05) is 41.7 Å². The number of hydrogen-bond acceptors (Lipinski definition) is 5. The Morgan fingerprint density at radius 2 is 1.90 bits per heavy atom. The zero-order chi connectivity index (χ0) is 21.6. The summed E-state index contributed by atoms with van der Waals surface area (Å²) < 4.78 is 2.02. The van der Waals surface area contributed by atoms with E-state index in [-0.39, 0.29) is 34.0 Å². The highest BCUT2D eigenvalue weighted by atomic mass is 16.6. The molecule has 0 spiro atoms. The highest BCUT2D eigenvalue weighted by molar-refractivity contribution is 6.00. The van der Waals surface area contributed by atoms with Gasteiger partial charge in [-0.05, 0) is 62.1 Å². The minimum Gasteiger partial charge on any atom is -0.393 e. The standard InChI is InChI=1S/C23H29N3O4/c1-14-13-25(20-11-23(2,3)12-21(28)22(14)20)16-6-9-19(26(29)30)18(10-16)24-15-4-7-17(27)8-5-15/h6,9-10,13,15,17,24,27H,4-5,7-8,11-12H2,1-3H3. The van der Waals surface area contributed by atoms with E-state index in [0.717, 1.165) is 41.8 Å². The Morgan fingerprint density at radius 3 is 2.57 bits per heavy atom. The zero-order valence-corrected chi connectivity index (χ0v) is 17.8. The second kappa shape index (κ2) is 7.54. The van der Waals surface area contributed by atoms with Gasteiger partial charge in [-0.2, -0.15) is 0 Å². The monoisotopic (exact) mass is 411 g/mol. The highest BCUT2D eigenvalue weighted by Gasteiger charge is 2.35. The molecule has 0 unspecified atom stereocenters. The summed E-state index contributed by atoms with van der Waals surface area (Å²) in [5.74, 6) is 0.165. The minimum absolute atomic E-state index is 0.0408. The van der Waals surface area contributed by atoms with Gasteiger partial charge in [0.1, 0.15) is 5.69 Å². The number of nitrogens with one attached hydrogen (secondary N) is 1. The number of nitrogens with zero attached hydrogens (tertiary/aromatic N) is 2. The number of fused-ring (bicyclic) bond motifs is 1. The number of hydrogen-bond donors (Lipinski definition) is 2. The van der Waals surface area contributed by atoms with E-state index in [1.807, 2.05) is 23.8 Å². The third-order valence-electron chi connectivity index (χ3n) is 6.37. The number of aryl methyl sites for hydroxylation is 1. The van der Waals surface area contributed by atoms with Crippen molar-refractivity contribution < 1.29 is 14.8 Å². The number of Topliss-reactive ketones (excluding diaryl/α,β-unsaturated/α-hetero) is 1. The number of carbonyl (C=O) groups excluding carboxylic acids is 1. The van der Waals surface area contributed by atoms with Crippen LogP contribution in [-0.4, -0.2) is 32.5 Å². The van der Waals surface area contributed by atoms with E-state index in [0.29, 0.717) is 24.9 Å². The Kier molecular flexibility index (Phi) is 5.18. The lowest BCUT2D eigenvalue weighted by molar-refractivity contribution is -0.384. The molecule has 1 aromatic heterocycles. The lowest BCUT2D eigenvalue weighted by atomic mass is 9.75. The van der Waals surface area contributed by atoms with Crippen molar-refractivity contribution in [2.75, 3.05) is 5.32 Å². The van der Waals surface area contributed by atoms with Crippen molar-refractivity contribution in [3.63, 3.8) is 0 Å². The van der Waals surface area contributed by atoms with Crippen molar-refractivity contribution in [3.8, 4) is 5.69 Å². The van der Waals surface area contributed by atoms with Gasteiger partial charge >= 0.3 is 0 Å². The molecule has 4 rings (SSSR count). The van der Waals surface area contributed by atoms with Crippen LogP contribution in [0.2, 0.25) is 0 Å². The van der Waals surface area contributed by atoms with Gasteiger partial charge in [-0.25, -0.2) is 0 Å². The summed E-state index contributed by atoms with van der Waals surface area (Å²) in [4.78, 5) is 24.0. The van der Waals surface area contributed by atoms with Crippen LogP contribution in [0.3, 0.4) is 0 Å². The van der Waals surface area contributed by atoms with E-state index in [1.165, 1.54) is 6.07 Å². The number of aliphatic hydroxyl groups excluding tert-OH is 1. The van der Waals surface area contributed by atoms with Gasteiger partial charge in [0.05, 0.1) is 11.0 Å². The van der Waals surface area contributed by atoms with Crippen molar-refractivity contribution in [1.29, 1.82) is 0 Å². The Balaban J connectivity index is 1.73. The van der Waals surface area contributed by atoms with E-state index < -0.39 is 0 Å². The summed E-state index contributed by atoms with van der Waals surface area (Å²) in [7, 11) is 0. The smallest absolute Gasteiger partial charge is 0.292 e. The molecule has 1 saturated carbocycles. The number of anilines is 1. The molecule has 1 fully saturated rings. The molecule has 0 atom stereocenters. The molecular weight excluding hydrogens is 382 g/mol. The normalized spacial score (nSPS) is 23.1. The maximum Gasteiger partial charge on any atom is 0.292 e. The molecule has 0 amide bonds. The molecule has 0 aliphatic heterocycles. The molecule has 0 saturated heterocycles. The van der Waals surface area contributed by atoms with Gasteiger partial charge in [-0.15, -0.1) is 0 Å². The number of nitro benzene ring substituents is 1. The summed E-state index contributed by atoms with van der Waals surface area (Å²) in [5.41, 5.74) is 3.95. The van der Waals surface area contributed by atoms with Crippen LogP contribution in [-0.2, 0) is 6.42 Å². The van der Waals surface area contributed by atoms with Crippen LogP contribution in [0.4, 0.5) is 11.4 Å². The van der Waals surface area contributed by atoms with Crippen LogP contribution in [0.5, 0.6) is 0 Å². The van der Waals surface area contributed by atoms with Crippen LogP contribution in [0.1, 0.15) is 67.6 Å². The summed E-state index contributed by atoms with van der Waals surface area (Å²) in [5, 5.41) is 24.7. The van der Waals surface area contributed by atoms with E-state index >= 15 is 0 Å². The number of aliphatic hydroxyl groups is 1. The van der Waals surface area contributed by atoms with Crippen LogP contribution in [0.25, 0.3) is 5.69 Å². The summed E-state index contributed by atoms with van der Waals surface area (Å²) in [6, 6.07) is 5.20. The zero-order valence-electron chi connectivity index (χ0n) is 17.8. The number of aromatic nitrogens is 1. The molecule has 160 valence electrons. The second-order valence-corrected chi connectivity index (χ2v) is 9.55. The third kappa shape index (κ3) is 3.86. The Morgan fingerprint density at radius 1 is 1.20 bits per heavy atom. The van der Waals surface area contributed by atoms with Crippen molar-refractivity contribution >= 4 is 17.2 Å². The molecule has 0 bridgehead atoms. The number of carbonyl (C=O) groups is 1. The van der Waals surface area contributed by atoms with Gasteiger partial charge < -0.3 is 15.0 Å². The number of ketones is 1. The maximum atomic E-state index is 12.7. The Labute approximate surface area is 176 Å². The van der Waals surface area contributed by atoms with Crippen LogP contribution < -0.4 is 5.32 Å². The lowest BCUT2D eigenvalue weighted by Crippen LogP contribution is -2.29. The predicted molar refractivity (Wildman–Crippen MR) is 115 cm³/mol. The van der Waals surface area contributed by atoms with Crippen molar-refractivity contribution in [2.24, 2.45) is 5.41 Å². The van der Waals surface area contributed by atoms with Crippen LogP contribution >= 0.6 is 0 Å². The first-order valence-corrected chi connectivity index (χ1v) is 10.6.